The number of rotatable bonds is 5. The molecule has 0 aromatic heterocycles. The summed E-state index contributed by atoms with van der Waals surface area (Å²) in [7, 11) is 1.64. The first kappa shape index (κ1) is 14.6. The summed E-state index contributed by atoms with van der Waals surface area (Å²) in [5, 5.41) is 3.97. The van der Waals surface area contributed by atoms with Crippen molar-refractivity contribution in [1.82, 2.24) is 10.2 Å². The van der Waals surface area contributed by atoms with Crippen molar-refractivity contribution in [2.75, 3.05) is 40.0 Å². The number of methoxy groups -OCH3 is 1. The van der Waals surface area contributed by atoms with Crippen molar-refractivity contribution in [3.05, 3.63) is 28.8 Å². The number of piperazine rings is 1. The van der Waals surface area contributed by atoms with Gasteiger partial charge in [0.05, 0.1) is 13.8 Å². The van der Waals surface area contributed by atoms with Crippen LogP contribution in [-0.2, 0) is 0 Å². The molecular formula is C14H20ClFN2O. The third kappa shape index (κ3) is 3.59. The number of hydrogen-bond acceptors (Lipinski definition) is 3. The van der Waals surface area contributed by atoms with Crippen LogP contribution in [0, 0.1) is 0 Å². The predicted molar refractivity (Wildman–Crippen MR) is 75.8 cm³/mol. The summed E-state index contributed by atoms with van der Waals surface area (Å²) in [5.74, 6) is 0.779. The van der Waals surface area contributed by atoms with Crippen LogP contribution in [0.3, 0.4) is 0 Å². The molecule has 1 N–H and O–H groups in total. The summed E-state index contributed by atoms with van der Waals surface area (Å²) >= 11 is 6.08. The van der Waals surface area contributed by atoms with Gasteiger partial charge in [-0.05, 0) is 24.6 Å². The fraction of sp³-hybridized carbons (Fsp3) is 0.571. The van der Waals surface area contributed by atoms with Crippen LogP contribution in [0.1, 0.15) is 18.0 Å². The highest BCUT2D eigenvalue weighted by atomic mass is 35.5. The average Bonchev–Trinajstić information content (AvgIpc) is 2.45. The summed E-state index contributed by atoms with van der Waals surface area (Å²) in [5.41, 5.74) is 0.981. The van der Waals surface area contributed by atoms with E-state index in [0.29, 0.717) is 11.4 Å². The molecule has 19 heavy (non-hydrogen) atoms. The monoisotopic (exact) mass is 286 g/mol. The molecule has 1 saturated heterocycles. The molecular weight excluding hydrogens is 267 g/mol. The molecule has 5 heteroatoms. The van der Waals surface area contributed by atoms with Gasteiger partial charge in [-0.15, -0.1) is 0 Å². The molecule has 106 valence electrons. The quantitative estimate of drug-likeness (QED) is 0.901. The molecule has 0 spiro atoms. The summed E-state index contributed by atoms with van der Waals surface area (Å²) in [6, 6.07) is 5.57. The maximum absolute atomic E-state index is 12.9. The van der Waals surface area contributed by atoms with Crippen LogP contribution >= 0.6 is 11.6 Å². The molecule has 0 saturated carbocycles. The molecule has 0 unspecified atom stereocenters. The van der Waals surface area contributed by atoms with Gasteiger partial charge in [0.2, 0.25) is 0 Å². The Morgan fingerprint density at radius 2 is 2.16 bits per heavy atom. The minimum Gasteiger partial charge on any atom is -0.496 e. The third-order valence-electron chi connectivity index (χ3n) is 3.53. The first-order chi connectivity index (χ1) is 9.26. The van der Waals surface area contributed by atoms with Crippen LogP contribution in [0.15, 0.2) is 18.2 Å². The van der Waals surface area contributed by atoms with Crippen LogP contribution in [0.2, 0.25) is 5.02 Å². The maximum Gasteiger partial charge on any atom is 0.123 e. The maximum atomic E-state index is 12.9. The van der Waals surface area contributed by atoms with Crippen molar-refractivity contribution < 1.29 is 9.13 Å². The fourth-order valence-corrected chi connectivity index (χ4v) is 2.78. The molecule has 0 amide bonds. The zero-order valence-electron chi connectivity index (χ0n) is 11.2. The van der Waals surface area contributed by atoms with Gasteiger partial charge in [0.15, 0.2) is 0 Å². The summed E-state index contributed by atoms with van der Waals surface area (Å²) in [6.07, 6.45) is 0.469. The average molecular weight is 287 g/mol. The molecule has 1 aromatic carbocycles. The number of benzene rings is 1. The lowest BCUT2D eigenvalue weighted by Crippen LogP contribution is -2.45. The minimum atomic E-state index is -0.343. The number of hydrogen-bond donors (Lipinski definition) is 1. The van der Waals surface area contributed by atoms with E-state index in [9.17, 15) is 4.39 Å². The van der Waals surface area contributed by atoms with Crippen LogP contribution in [0.5, 0.6) is 5.75 Å². The minimum absolute atomic E-state index is 0.0285. The number of nitrogens with zero attached hydrogens (tertiary/aromatic N) is 1. The van der Waals surface area contributed by atoms with Gasteiger partial charge in [-0.2, -0.15) is 0 Å². The predicted octanol–water partition coefficient (Wildman–Crippen LogP) is 2.65. The van der Waals surface area contributed by atoms with E-state index >= 15 is 0 Å². The van der Waals surface area contributed by atoms with Crippen LogP contribution < -0.4 is 10.1 Å². The molecule has 2 rings (SSSR count). The van der Waals surface area contributed by atoms with Crippen LogP contribution in [0.25, 0.3) is 0 Å². The number of ether oxygens (including phenoxy) is 1. The van der Waals surface area contributed by atoms with Crippen molar-refractivity contribution >= 4 is 11.6 Å². The van der Waals surface area contributed by atoms with Crippen LogP contribution in [-0.4, -0.2) is 44.9 Å². The lowest BCUT2D eigenvalue weighted by atomic mass is 10.0. The number of alkyl halides is 1. The molecule has 1 aliphatic rings. The van der Waals surface area contributed by atoms with E-state index in [-0.39, 0.29) is 12.7 Å². The van der Waals surface area contributed by atoms with E-state index in [1.54, 1.807) is 13.2 Å². The molecule has 3 nitrogen and oxygen atoms in total. The summed E-state index contributed by atoms with van der Waals surface area (Å²) in [4.78, 5) is 2.30. The smallest absolute Gasteiger partial charge is 0.123 e. The first-order valence-electron chi connectivity index (χ1n) is 6.60. The lowest BCUT2D eigenvalue weighted by Gasteiger charge is -2.35. The van der Waals surface area contributed by atoms with Crippen molar-refractivity contribution in [3.8, 4) is 5.75 Å². The molecule has 1 aliphatic heterocycles. The highest BCUT2D eigenvalue weighted by Gasteiger charge is 2.24. The second-order valence-corrected chi connectivity index (χ2v) is 5.10. The SMILES string of the molecule is COc1ccc(Cl)cc1[C@H](CCF)N1CCNCC1. The standard InChI is InChI=1S/C14H20ClFN2O/c1-19-14-3-2-11(15)10-12(14)13(4-5-16)18-8-6-17-7-9-18/h2-3,10,13,17H,4-9H2,1H3/t13-/m0/s1. The Morgan fingerprint density at radius 1 is 1.42 bits per heavy atom. The van der Waals surface area contributed by atoms with E-state index in [4.69, 9.17) is 16.3 Å². The normalized spacial score (nSPS) is 18.3. The van der Waals surface area contributed by atoms with Gasteiger partial charge in [0.1, 0.15) is 5.75 Å². The fourth-order valence-electron chi connectivity index (χ4n) is 2.60. The van der Waals surface area contributed by atoms with Crippen molar-refractivity contribution in [2.45, 2.75) is 12.5 Å². The van der Waals surface area contributed by atoms with Crippen molar-refractivity contribution in [3.63, 3.8) is 0 Å². The Bertz CT molecular complexity index is 410. The van der Waals surface area contributed by atoms with Gasteiger partial charge >= 0.3 is 0 Å². The second-order valence-electron chi connectivity index (χ2n) is 4.67. The van der Waals surface area contributed by atoms with Gasteiger partial charge in [-0.3, -0.25) is 9.29 Å². The van der Waals surface area contributed by atoms with Crippen molar-refractivity contribution in [2.24, 2.45) is 0 Å². The largest absolute Gasteiger partial charge is 0.496 e. The van der Waals surface area contributed by atoms with Gasteiger partial charge in [-0.1, -0.05) is 11.6 Å². The Kier molecular flexibility index (Phi) is 5.43. The number of nitrogens with one attached hydrogen (secondary N) is 1. The topological polar surface area (TPSA) is 24.5 Å². The zero-order chi connectivity index (χ0) is 13.7. The highest BCUT2D eigenvalue weighted by Crippen LogP contribution is 2.34. The highest BCUT2D eigenvalue weighted by molar-refractivity contribution is 6.30. The Balaban J connectivity index is 2.28. The first-order valence-corrected chi connectivity index (χ1v) is 6.98. The van der Waals surface area contributed by atoms with E-state index in [0.717, 1.165) is 37.5 Å². The zero-order valence-corrected chi connectivity index (χ0v) is 11.9. The molecule has 0 radical (unpaired) electrons. The molecule has 1 atom stereocenters. The molecule has 1 aromatic rings. The van der Waals surface area contributed by atoms with Crippen molar-refractivity contribution in [1.29, 1.82) is 0 Å². The molecule has 0 aliphatic carbocycles. The Labute approximate surface area is 118 Å². The van der Waals surface area contributed by atoms with E-state index in [1.165, 1.54) is 0 Å². The third-order valence-corrected chi connectivity index (χ3v) is 3.76. The van der Waals surface area contributed by atoms with Gasteiger partial charge in [-0.25, -0.2) is 0 Å². The summed E-state index contributed by atoms with van der Waals surface area (Å²) in [6.45, 7) is 3.36. The van der Waals surface area contributed by atoms with Gasteiger partial charge < -0.3 is 10.1 Å². The summed E-state index contributed by atoms with van der Waals surface area (Å²) < 4.78 is 18.3. The lowest BCUT2D eigenvalue weighted by molar-refractivity contribution is 0.155. The molecule has 0 bridgehead atoms. The van der Waals surface area contributed by atoms with Gasteiger partial charge in [0, 0.05) is 42.8 Å². The number of halogens is 2. The van der Waals surface area contributed by atoms with Gasteiger partial charge in [0.25, 0.3) is 0 Å². The molecule has 1 heterocycles. The Morgan fingerprint density at radius 3 is 2.79 bits per heavy atom. The second kappa shape index (κ2) is 7.08. The van der Waals surface area contributed by atoms with E-state index in [2.05, 4.69) is 10.2 Å². The van der Waals surface area contributed by atoms with Crippen LogP contribution in [0.4, 0.5) is 4.39 Å². The molecule has 1 fully saturated rings. The Hall–Kier alpha value is -0.840. The van der Waals surface area contributed by atoms with E-state index in [1.807, 2.05) is 12.1 Å². The van der Waals surface area contributed by atoms with E-state index < -0.39 is 0 Å².